The molecule has 1 aromatic carbocycles. The highest BCUT2D eigenvalue weighted by Crippen LogP contribution is 2.29. The van der Waals surface area contributed by atoms with Crippen molar-refractivity contribution < 1.29 is 9.53 Å². The lowest BCUT2D eigenvalue weighted by molar-refractivity contribution is -0.151. The Morgan fingerprint density at radius 2 is 2.35 bits per heavy atom. The molecule has 1 aromatic heterocycles. The predicted octanol–water partition coefficient (Wildman–Crippen LogP) is 2.27. The van der Waals surface area contributed by atoms with Crippen LogP contribution in [0.25, 0.3) is 10.2 Å². The zero-order valence-corrected chi connectivity index (χ0v) is 10.2. The van der Waals surface area contributed by atoms with Gasteiger partial charge in [0.25, 0.3) is 0 Å². The molecule has 1 aliphatic heterocycles. The molecule has 3 rings (SSSR count). The van der Waals surface area contributed by atoms with Gasteiger partial charge in [-0.1, -0.05) is 0 Å². The van der Waals surface area contributed by atoms with Crippen molar-refractivity contribution in [1.29, 1.82) is 0 Å². The van der Waals surface area contributed by atoms with Crippen LogP contribution in [0.1, 0.15) is 6.92 Å². The number of thiazole rings is 1. The van der Waals surface area contributed by atoms with E-state index >= 15 is 0 Å². The highest BCUT2D eigenvalue weighted by atomic mass is 32.1. The van der Waals surface area contributed by atoms with Crippen molar-refractivity contribution in [3.05, 3.63) is 23.7 Å². The molecule has 0 saturated carbocycles. The molecule has 88 valence electrons. The van der Waals surface area contributed by atoms with Gasteiger partial charge in [0.1, 0.15) is 0 Å². The van der Waals surface area contributed by atoms with Crippen LogP contribution in [0.2, 0.25) is 0 Å². The van der Waals surface area contributed by atoms with Gasteiger partial charge in [-0.2, -0.15) is 0 Å². The number of hydrogen-bond acceptors (Lipinski definition) is 4. The fourth-order valence-corrected chi connectivity index (χ4v) is 2.42. The second kappa shape index (κ2) is 3.78. The van der Waals surface area contributed by atoms with E-state index in [0.717, 1.165) is 15.9 Å². The normalized spacial score (nSPS) is 17.7. The molecule has 1 saturated heterocycles. The molecule has 0 unspecified atom stereocenters. The van der Waals surface area contributed by atoms with Crippen LogP contribution in [0.4, 0.5) is 5.69 Å². The largest absolute Gasteiger partial charge is 0.379 e. The Kier molecular flexibility index (Phi) is 2.38. The summed E-state index contributed by atoms with van der Waals surface area (Å²) in [6, 6.07) is 5.77. The number of aromatic nitrogens is 1. The standard InChI is InChI=1S/C12H12N2O2S/c1-12(5-16-6-12)11(15)14-8-2-3-10-9(4-8)13-7-17-10/h2-4,7H,5-6H2,1H3,(H,14,15). The Morgan fingerprint density at radius 3 is 3.06 bits per heavy atom. The van der Waals surface area contributed by atoms with Crippen LogP contribution in [-0.4, -0.2) is 24.1 Å². The van der Waals surface area contributed by atoms with Crippen molar-refractivity contribution in [2.24, 2.45) is 5.41 Å². The monoisotopic (exact) mass is 248 g/mol. The van der Waals surface area contributed by atoms with Crippen LogP contribution >= 0.6 is 11.3 Å². The van der Waals surface area contributed by atoms with E-state index in [1.54, 1.807) is 16.8 Å². The third-order valence-corrected chi connectivity index (χ3v) is 3.79. The van der Waals surface area contributed by atoms with Gasteiger partial charge < -0.3 is 10.1 Å². The van der Waals surface area contributed by atoms with E-state index in [1.165, 1.54) is 0 Å². The Balaban J connectivity index is 1.82. The summed E-state index contributed by atoms with van der Waals surface area (Å²) in [6.45, 7) is 2.91. The molecule has 1 fully saturated rings. The molecule has 4 nitrogen and oxygen atoms in total. The van der Waals surface area contributed by atoms with Crippen molar-refractivity contribution in [2.45, 2.75) is 6.92 Å². The zero-order valence-electron chi connectivity index (χ0n) is 9.40. The van der Waals surface area contributed by atoms with Crippen LogP contribution in [-0.2, 0) is 9.53 Å². The van der Waals surface area contributed by atoms with Crippen molar-refractivity contribution in [3.63, 3.8) is 0 Å². The molecule has 1 N–H and O–H groups in total. The summed E-state index contributed by atoms with van der Waals surface area (Å²) in [6.07, 6.45) is 0. The van der Waals surface area contributed by atoms with Gasteiger partial charge in [-0.25, -0.2) is 4.98 Å². The van der Waals surface area contributed by atoms with Crippen LogP contribution in [0, 0.1) is 5.41 Å². The third-order valence-electron chi connectivity index (χ3n) is 2.98. The van der Waals surface area contributed by atoms with Gasteiger partial charge in [0, 0.05) is 5.69 Å². The van der Waals surface area contributed by atoms with Gasteiger partial charge in [0.2, 0.25) is 5.91 Å². The lowest BCUT2D eigenvalue weighted by atomic mass is 9.87. The Labute approximate surface area is 103 Å². The molecule has 0 spiro atoms. The molecule has 0 atom stereocenters. The van der Waals surface area contributed by atoms with Crippen molar-refractivity contribution in [3.8, 4) is 0 Å². The number of hydrogen-bond donors (Lipinski definition) is 1. The summed E-state index contributed by atoms with van der Waals surface area (Å²) >= 11 is 1.59. The average molecular weight is 248 g/mol. The fraction of sp³-hybridized carbons (Fsp3) is 0.333. The van der Waals surface area contributed by atoms with Crippen molar-refractivity contribution in [1.82, 2.24) is 4.98 Å². The molecule has 0 radical (unpaired) electrons. The van der Waals surface area contributed by atoms with Crippen LogP contribution in [0.3, 0.4) is 0 Å². The number of benzene rings is 1. The van der Waals surface area contributed by atoms with Gasteiger partial charge in [-0.3, -0.25) is 4.79 Å². The lowest BCUT2D eigenvalue weighted by Crippen LogP contribution is -2.49. The number of carbonyl (C=O) groups is 1. The lowest BCUT2D eigenvalue weighted by Gasteiger charge is -2.36. The van der Waals surface area contributed by atoms with Crippen LogP contribution in [0.15, 0.2) is 23.7 Å². The summed E-state index contributed by atoms with van der Waals surface area (Å²) in [5.74, 6) is 0.0123. The average Bonchev–Trinajstić information content (AvgIpc) is 2.73. The molecule has 2 aromatic rings. The molecular formula is C12H12N2O2S. The Bertz CT molecular complexity index is 575. The van der Waals surface area contributed by atoms with E-state index < -0.39 is 0 Å². The number of ether oxygens (including phenoxy) is 1. The topological polar surface area (TPSA) is 51.2 Å². The number of nitrogens with zero attached hydrogens (tertiary/aromatic N) is 1. The summed E-state index contributed by atoms with van der Waals surface area (Å²) in [4.78, 5) is 16.2. The number of amides is 1. The molecule has 0 bridgehead atoms. The maximum absolute atomic E-state index is 12.0. The highest BCUT2D eigenvalue weighted by Gasteiger charge is 2.41. The second-order valence-corrected chi connectivity index (χ2v) is 5.43. The molecular weight excluding hydrogens is 236 g/mol. The molecule has 17 heavy (non-hydrogen) atoms. The summed E-state index contributed by atoms with van der Waals surface area (Å²) in [7, 11) is 0. The first-order valence-electron chi connectivity index (χ1n) is 5.40. The summed E-state index contributed by atoms with van der Waals surface area (Å²) in [5.41, 5.74) is 3.14. The van der Waals surface area contributed by atoms with Gasteiger partial charge >= 0.3 is 0 Å². The smallest absolute Gasteiger partial charge is 0.234 e. The van der Waals surface area contributed by atoms with Gasteiger partial charge in [-0.15, -0.1) is 11.3 Å². The SMILES string of the molecule is CC1(C(=O)Nc2ccc3scnc3c2)COC1. The Hall–Kier alpha value is -1.46. The van der Waals surface area contributed by atoms with Crippen LogP contribution < -0.4 is 5.32 Å². The summed E-state index contributed by atoms with van der Waals surface area (Å²) in [5, 5.41) is 2.91. The van der Waals surface area contributed by atoms with Gasteiger partial charge in [-0.05, 0) is 25.1 Å². The number of carbonyl (C=O) groups excluding carboxylic acids is 1. The predicted molar refractivity (Wildman–Crippen MR) is 67.2 cm³/mol. The van der Waals surface area contributed by atoms with Gasteiger partial charge in [0.05, 0.1) is 34.4 Å². The fourth-order valence-electron chi connectivity index (χ4n) is 1.76. The zero-order chi connectivity index (χ0) is 11.9. The van der Waals surface area contributed by atoms with E-state index in [-0.39, 0.29) is 11.3 Å². The highest BCUT2D eigenvalue weighted by molar-refractivity contribution is 7.16. The minimum Gasteiger partial charge on any atom is -0.379 e. The van der Waals surface area contributed by atoms with E-state index in [1.807, 2.05) is 25.1 Å². The van der Waals surface area contributed by atoms with E-state index in [4.69, 9.17) is 4.74 Å². The first-order valence-corrected chi connectivity index (χ1v) is 6.28. The second-order valence-electron chi connectivity index (χ2n) is 4.54. The van der Waals surface area contributed by atoms with E-state index in [2.05, 4.69) is 10.3 Å². The third kappa shape index (κ3) is 1.81. The first kappa shape index (κ1) is 10.7. The number of nitrogens with one attached hydrogen (secondary N) is 1. The molecule has 1 amide bonds. The molecule has 1 aliphatic rings. The first-order chi connectivity index (χ1) is 8.17. The van der Waals surface area contributed by atoms with E-state index in [0.29, 0.717) is 13.2 Å². The van der Waals surface area contributed by atoms with Crippen molar-refractivity contribution >= 4 is 33.1 Å². The quantitative estimate of drug-likeness (QED) is 0.887. The maximum atomic E-state index is 12.0. The van der Waals surface area contributed by atoms with Crippen LogP contribution in [0.5, 0.6) is 0 Å². The molecule has 0 aliphatic carbocycles. The number of anilines is 1. The molecule has 2 heterocycles. The Morgan fingerprint density at radius 1 is 1.53 bits per heavy atom. The molecule has 5 heteroatoms. The summed E-state index contributed by atoms with van der Waals surface area (Å²) < 4.78 is 6.21. The minimum absolute atomic E-state index is 0.0123. The number of rotatable bonds is 2. The number of fused-ring (bicyclic) bond motifs is 1. The minimum atomic E-state index is -0.378. The van der Waals surface area contributed by atoms with Gasteiger partial charge in [0.15, 0.2) is 0 Å². The van der Waals surface area contributed by atoms with E-state index in [9.17, 15) is 4.79 Å². The van der Waals surface area contributed by atoms with Crippen molar-refractivity contribution in [2.75, 3.05) is 18.5 Å². The maximum Gasteiger partial charge on any atom is 0.234 e.